The highest BCUT2D eigenvalue weighted by atomic mass is 32.2. The van der Waals surface area contributed by atoms with Gasteiger partial charge in [0, 0.05) is 23.5 Å². The molecule has 1 fully saturated rings. The Morgan fingerprint density at radius 3 is 2.58 bits per heavy atom. The van der Waals surface area contributed by atoms with Gasteiger partial charge in [0.05, 0.1) is 12.2 Å². The summed E-state index contributed by atoms with van der Waals surface area (Å²) in [6, 6.07) is 19.5. The molecule has 1 N–H and O–H groups in total. The van der Waals surface area contributed by atoms with E-state index in [1.54, 1.807) is 15.9 Å². The SMILES string of the molecule is Cc1cccc(CN2C(=O)[C@@]3(SCCN3C(=O)Nc3cccc(C)c3)c3cc(F)ccc32)c1. The van der Waals surface area contributed by atoms with Crippen LogP contribution in [0.25, 0.3) is 0 Å². The number of amides is 3. The first-order chi connectivity index (χ1) is 15.9. The highest BCUT2D eigenvalue weighted by molar-refractivity contribution is 8.01. The highest BCUT2D eigenvalue weighted by Crippen LogP contribution is 2.54. The first kappa shape index (κ1) is 21.5. The van der Waals surface area contributed by atoms with Gasteiger partial charge in [0.15, 0.2) is 4.87 Å². The fourth-order valence-electron chi connectivity index (χ4n) is 4.65. The number of hydrogen-bond acceptors (Lipinski definition) is 3. The average Bonchev–Trinajstić information content (AvgIpc) is 3.31. The number of anilines is 2. The van der Waals surface area contributed by atoms with E-state index in [4.69, 9.17) is 0 Å². The lowest BCUT2D eigenvalue weighted by molar-refractivity contribution is -0.123. The first-order valence-electron chi connectivity index (χ1n) is 10.9. The normalized spacial score (nSPS) is 19.3. The van der Waals surface area contributed by atoms with Crippen molar-refractivity contribution in [3.63, 3.8) is 0 Å². The van der Waals surface area contributed by atoms with E-state index in [0.29, 0.717) is 35.8 Å². The van der Waals surface area contributed by atoms with Crippen LogP contribution in [0.3, 0.4) is 0 Å². The summed E-state index contributed by atoms with van der Waals surface area (Å²) in [5.74, 6) is -0.0577. The average molecular weight is 462 g/mol. The summed E-state index contributed by atoms with van der Waals surface area (Å²) in [5, 5.41) is 2.92. The second-order valence-electron chi connectivity index (χ2n) is 8.49. The van der Waals surface area contributed by atoms with E-state index in [0.717, 1.165) is 16.7 Å². The molecule has 33 heavy (non-hydrogen) atoms. The van der Waals surface area contributed by atoms with Crippen molar-refractivity contribution in [2.24, 2.45) is 0 Å². The van der Waals surface area contributed by atoms with Crippen LogP contribution in [0.4, 0.5) is 20.6 Å². The van der Waals surface area contributed by atoms with Crippen molar-refractivity contribution in [1.29, 1.82) is 0 Å². The number of carbonyl (C=O) groups excluding carboxylic acids is 2. The molecule has 2 aliphatic heterocycles. The zero-order valence-corrected chi connectivity index (χ0v) is 19.3. The van der Waals surface area contributed by atoms with E-state index < -0.39 is 10.7 Å². The maximum absolute atomic E-state index is 14.4. The van der Waals surface area contributed by atoms with Crippen molar-refractivity contribution in [3.8, 4) is 0 Å². The Morgan fingerprint density at radius 2 is 1.82 bits per heavy atom. The summed E-state index contributed by atoms with van der Waals surface area (Å²) in [5.41, 5.74) is 4.94. The van der Waals surface area contributed by atoms with Gasteiger partial charge in [-0.1, -0.05) is 42.0 Å². The molecule has 3 amide bonds. The predicted molar refractivity (Wildman–Crippen MR) is 130 cm³/mol. The van der Waals surface area contributed by atoms with E-state index >= 15 is 0 Å². The standard InChI is InChI=1S/C26H24FN3O2S/c1-17-5-3-7-19(13-17)16-29-23-10-9-20(27)15-22(23)26(24(29)31)30(11-12-33-26)25(32)28-21-8-4-6-18(2)14-21/h3-10,13-15H,11-12,16H2,1-2H3,(H,28,32)/t26-/m0/s1. The Morgan fingerprint density at radius 1 is 1.06 bits per heavy atom. The minimum atomic E-state index is -1.28. The minimum Gasteiger partial charge on any atom is -0.308 e. The number of hydrogen-bond donors (Lipinski definition) is 1. The Balaban J connectivity index is 1.54. The summed E-state index contributed by atoms with van der Waals surface area (Å²) >= 11 is 1.39. The Bertz CT molecular complexity index is 1260. The molecular weight excluding hydrogens is 437 g/mol. The van der Waals surface area contributed by atoms with Gasteiger partial charge in [-0.3, -0.25) is 9.69 Å². The van der Waals surface area contributed by atoms with Crippen molar-refractivity contribution in [1.82, 2.24) is 4.90 Å². The highest BCUT2D eigenvalue weighted by Gasteiger charge is 2.59. The van der Waals surface area contributed by atoms with Crippen LogP contribution < -0.4 is 10.2 Å². The number of nitrogens with zero attached hydrogens (tertiary/aromatic N) is 2. The maximum Gasteiger partial charge on any atom is 0.323 e. The Kier molecular flexibility index (Phi) is 5.37. The zero-order chi connectivity index (χ0) is 23.2. The molecule has 3 aromatic carbocycles. The van der Waals surface area contributed by atoms with Gasteiger partial charge in [0.2, 0.25) is 0 Å². The molecule has 0 saturated carbocycles. The van der Waals surface area contributed by atoms with Gasteiger partial charge in [-0.2, -0.15) is 0 Å². The van der Waals surface area contributed by atoms with Crippen molar-refractivity contribution >= 4 is 35.1 Å². The molecule has 0 unspecified atom stereocenters. The number of halogens is 1. The van der Waals surface area contributed by atoms with Crippen molar-refractivity contribution < 1.29 is 14.0 Å². The van der Waals surface area contributed by atoms with Gasteiger partial charge < -0.3 is 10.2 Å². The molecule has 1 atom stereocenters. The fraction of sp³-hybridized carbons (Fsp3) is 0.231. The van der Waals surface area contributed by atoms with Crippen molar-refractivity contribution in [3.05, 3.63) is 94.8 Å². The third kappa shape index (κ3) is 3.66. The minimum absolute atomic E-state index is 0.216. The van der Waals surface area contributed by atoms with Crippen molar-refractivity contribution in [2.45, 2.75) is 25.3 Å². The number of rotatable bonds is 3. The number of fused-ring (bicyclic) bond motifs is 2. The molecule has 5 rings (SSSR count). The predicted octanol–water partition coefficient (Wildman–Crippen LogP) is 5.42. The van der Waals surface area contributed by atoms with Crippen LogP contribution in [0.15, 0.2) is 66.7 Å². The topological polar surface area (TPSA) is 52.7 Å². The van der Waals surface area contributed by atoms with Crippen LogP contribution in [0.2, 0.25) is 0 Å². The number of carbonyl (C=O) groups is 2. The smallest absolute Gasteiger partial charge is 0.308 e. The van der Waals surface area contributed by atoms with E-state index in [9.17, 15) is 14.0 Å². The van der Waals surface area contributed by atoms with Crippen LogP contribution >= 0.6 is 11.8 Å². The fourth-order valence-corrected chi connectivity index (χ4v) is 6.10. The second-order valence-corrected chi connectivity index (χ2v) is 9.77. The number of thioether (sulfide) groups is 1. The largest absolute Gasteiger partial charge is 0.323 e. The van der Waals surface area contributed by atoms with E-state index in [2.05, 4.69) is 5.32 Å². The molecule has 168 valence electrons. The van der Waals surface area contributed by atoms with Crippen LogP contribution in [0.5, 0.6) is 0 Å². The molecule has 2 heterocycles. The summed E-state index contributed by atoms with van der Waals surface area (Å²) in [7, 11) is 0. The van der Waals surface area contributed by atoms with Crippen LogP contribution in [-0.4, -0.2) is 29.1 Å². The van der Waals surface area contributed by atoms with E-state index in [1.165, 1.54) is 23.9 Å². The summed E-state index contributed by atoms with van der Waals surface area (Å²) < 4.78 is 14.4. The van der Waals surface area contributed by atoms with E-state index in [-0.39, 0.29) is 11.9 Å². The Hall–Kier alpha value is -3.32. The number of benzene rings is 3. The monoisotopic (exact) mass is 461 g/mol. The molecular formula is C26H24FN3O2S. The lowest BCUT2D eigenvalue weighted by Gasteiger charge is -2.33. The molecule has 0 aliphatic carbocycles. The number of urea groups is 1. The van der Waals surface area contributed by atoms with Gasteiger partial charge in [0.1, 0.15) is 5.82 Å². The molecule has 3 aromatic rings. The van der Waals surface area contributed by atoms with Gasteiger partial charge in [-0.25, -0.2) is 9.18 Å². The third-order valence-corrected chi connectivity index (χ3v) is 7.51. The summed E-state index contributed by atoms with van der Waals surface area (Å²) in [4.78, 5) is 29.3. The molecule has 7 heteroatoms. The quantitative estimate of drug-likeness (QED) is 0.566. The molecule has 5 nitrogen and oxygen atoms in total. The van der Waals surface area contributed by atoms with Gasteiger partial charge in [0.25, 0.3) is 5.91 Å². The second kappa shape index (κ2) is 8.23. The Labute approximate surface area is 196 Å². The lowest BCUT2D eigenvalue weighted by atomic mass is 10.1. The number of nitrogens with one attached hydrogen (secondary N) is 1. The first-order valence-corrected chi connectivity index (χ1v) is 11.8. The van der Waals surface area contributed by atoms with Gasteiger partial charge >= 0.3 is 6.03 Å². The van der Waals surface area contributed by atoms with Crippen LogP contribution in [0, 0.1) is 19.7 Å². The van der Waals surface area contributed by atoms with Gasteiger partial charge in [-0.15, -0.1) is 11.8 Å². The zero-order valence-electron chi connectivity index (χ0n) is 18.5. The van der Waals surface area contributed by atoms with E-state index in [1.807, 2.05) is 62.4 Å². The van der Waals surface area contributed by atoms with Gasteiger partial charge in [-0.05, 0) is 55.3 Å². The molecule has 2 aliphatic rings. The van der Waals surface area contributed by atoms with Crippen LogP contribution in [-0.2, 0) is 16.2 Å². The molecule has 0 aromatic heterocycles. The van der Waals surface area contributed by atoms with Crippen molar-refractivity contribution in [2.75, 3.05) is 22.5 Å². The molecule has 1 spiro atoms. The lowest BCUT2D eigenvalue weighted by Crippen LogP contribution is -2.51. The number of aryl methyl sites for hydroxylation is 2. The summed E-state index contributed by atoms with van der Waals surface area (Å²) in [6.45, 7) is 4.70. The molecule has 1 saturated heterocycles. The van der Waals surface area contributed by atoms with Crippen LogP contribution in [0.1, 0.15) is 22.3 Å². The molecule has 0 radical (unpaired) electrons. The summed E-state index contributed by atoms with van der Waals surface area (Å²) in [6.07, 6.45) is 0. The maximum atomic E-state index is 14.4. The molecule has 0 bridgehead atoms. The third-order valence-electron chi connectivity index (χ3n) is 6.09.